The molecule has 3 rings (SSSR count). The van der Waals surface area contributed by atoms with Gasteiger partial charge in [0, 0.05) is 12.2 Å². The Morgan fingerprint density at radius 1 is 1.04 bits per heavy atom. The molecule has 4 nitrogen and oxygen atoms in total. The number of carbonyl (C=O) groups is 1. The Morgan fingerprint density at radius 2 is 1.67 bits per heavy atom. The summed E-state index contributed by atoms with van der Waals surface area (Å²) in [6, 6.07) is 9.13. The molecule has 0 bridgehead atoms. The fourth-order valence-electron chi connectivity index (χ4n) is 3.68. The highest BCUT2D eigenvalue weighted by atomic mass is 19.4. The molecule has 24 heavy (non-hydrogen) atoms. The summed E-state index contributed by atoms with van der Waals surface area (Å²) in [5.41, 5.74) is 0.854. The number of benzene rings is 1. The van der Waals surface area contributed by atoms with Gasteiger partial charge in [0.05, 0.1) is 6.04 Å². The zero-order valence-electron chi connectivity index (χ0n) is 13.2. The second-order valence-corrected chi connectivity index (χ2v) is 6.49. The number of amides is 1. The molecule has 0 aromatic heterocycles. The van der Waals surface area contributed by atoms with Crippen LogP contribution in [0.15, 0.2) is 30.3 Å². The van der Waals surface area contributed by atoms with Gasteiger partial charge >= 0.3 is 6.18 Å². The molecule has 1 N–H and O–H groups in total. The first-order chi connectivity index (χ1) is 11.4. The van der Waals surface area contributed by atoms with Crippen LogP contribution in [0.2, 0.25) is 0 Å². The highest BCUT2D eigenvalue weighted by Crippen LogP contribution is 2.33. The van der Waals surface area contributed by atoms with E-state index in [9.17, 15) is 23.1 Å². The normalized spacial score (nSPS) is 25.2. The Hall–Kier alpha value is -1.60. The topological polar surface area (TPSA) is 43.8 Å². The summed E-state index contributed by atoms with van der Waals surface area (Å²) < 4.78 is 37.8. The first kappa shape index (κ1) is 17.2. The standard InChI is InChI=1S/C17H21F3N2O2/c18-17(19,20)15(23)12-6-9-21(10-7-12)14-8-11-22(16(14)24)13-4-2-1-3-5-13/h1-5,12,14-15,23H,6-11H2. The minimum absolute atomic E-state index is 0.0102. The van der Waals surface area contributed by atoms with E-state index >= 15 is 0 Å². The number of carbonyl (C=O) groups excluding carboxylic acids is 1. The molecule has 2 unspecified atom stereocenters. The maximum absolute atomic E-state index is 12.6. The summed E-state index contributed by atoms with van der Waals surface area (Å²) in [5, 5.41) is 9.39. The molecular weight excluding hydrogens is 321 g/mol. The van der Waals surface area contributed by atoms with E-state index in [0.29, 0.717) is 26.1 Å². The lowest BCUT2D eigenvalue weighted by Gasteiger charge is -2.37. The third-order valence-corrected chi connectivity index (χ3v) is 5.04. The lowest BCUT2D eigenvalue weighted by atomic mass is 9.90. The fraction of sp³-hybridized carbons (Fsp3) is 0.588. The molecule has 1 aromatic carbocycles. The third-order valence-electron chi connectivity index (χ3n) is 5.04. The Balaban J connectivity index is 1.59. The van der Waals surface area contributed by atoms with Crippen LogP contribution in [0, 0.1) is 5.92 Å². The van der Waals surface area contributed by atoms with Gasteiger partial charge in [0.2, 0.25) is 5.91 Å². The molecule has 2 atom stereocenters. The lowest BCUT2D eigenvalue weighted by molar-refractivity contribution is -0.223. The van der Waals surface area contributed by atoms with Crippen LogP contribution < -0.4 is 4.90 Å². The summed E-state index contributed by atoms with van der Waals surface area (Å²) in [6.45, 7) is 1.45. The first-order valence-corrected chi connectivity index (χ1v) is 8.23. The molecule has 0 spiro atoms. The highest BCUT2D eigenvalue weighted by molar-refractivity contribution is 5.99. The molecule has 7 heteroatoms. The van der Waals surface area contributed by atoms with Gasteiger partial charge < -0.3 is 10.0 Å². The molecule has 0 saturated carbocycles. The van der Waals surface area contributed by atoms with Crippen LogP contribution >= 0.6 is 0 Å². The van der Waals surface area contributed by atoms with Gasteiger partial charge in [-0.1, -0.05) is 18.2 Å². The number of nitrogens with zero attached hydrogens (tertiary/aromatic N) is 2. The smallest absolute Gasteiger partial charge is 0.383 e. The number of piperidine rings is 1. The molecular formula is C17H21F3N2O2. The summed E-state index contributed by atoms with van der Waals surface area (Å²) >= 11 is 0. The van der Waals surface area contributed by atoms with Crippen molar-refractivity contribution in [1.29, 1.82) is 0 Å². The molecule has 2 fully saturated rings. The van der Waals surface area contributed by atoms with Gasteiger partial charge in [-0.25, -0.2) is 0 Å². The van der Waals surface area contributed by atoms with Crippen LogP contribution in [-0.4, -0.2) is 53.9 Å². The monoisotopic (exact) mass is 342 g/mol. The SMILES string of the molecule is O=C1C(N2CCC(C(O)C(F)(F)F)CC2)CCN1c1ccccc1. The van der Waals surface area contributed by atoms with Crippen molar-refractivity contribution in [2.24, 2.45) is 5.92 Å². The fourth-order valence-corrected chi connectivity index (χ4v) is 3.68. The number of anilines is 1. The maximum atomic E-state index is 12.6. The number of alkyl halides is 3. The Labute approximate surface area is 138 Å². The highest BCUT2D eigenvalue weighted by Gasteiger charge is 2.45. The van der Waals surface area contributed by atoms with Crippen molar-refractivity contribution >= 4 is 11.6 Å². The molecule has 0 radical (unpaired) electrons. The minimum Gasteiger partial charge on any atom is -0.383 e. The zero-order chi connectivity index (χ0) is 17.3. The van der Waals surface area contributed by atoms with Crippen LogP contribution in [0.4, 0.5) is 18.9 Å². The average molecular weight is 342 g/mol. The maximum Gasteiger partial charge on any atom is 0.414 e. The van der Waals surface area contributed by atoms with Gasteiger partial charge in [-0.2, -0.15) is 13.2 Å². The van der Waals surface area contributed by atoms with Crippen molar-refractivity contribution in [2.75, 3.05) is 24.5 Å². The van der Waals surface area contributed by atoms with Crippen LogP contribution in [0.25, 0.3) is 0 Å². The molecule has 0 aliphatic carbocycles. The van der Waals surface area contributed by atoms with Crippen molar-refractivity contribution < 1.29 is 23.1 Å². The van der Waals surface area contributed by atoms with Gasteiger partial charge in [-0.15, -0.1) is 0 Å². The largest absolute Gasteiger partial charge is 0.414 e. The van der Waals surface area contributed by atoms with E-state index < -0.39 is 18.2 Å². The van der Waals surface area contributed by atoms with Crippen molar-refractivity contribution in [2.45, 2.75) is 37.6 Å². The second kappa shape index (κ2) is 6.72. The molecule has 2 heterocycles. The quantitative estimate of drug-likeness (QED) is 0.918. The number of aliphatic hydroxyl groups excluding tert-OH is 1. The molecule has 2 aliphatic heterocycles. The van der Waals surface area contributed by atoms with Crippen molar-refractivity contribution in [3.05, 3.63) is 30.3 Å². The Morgan fingerprint density at radius 3 is 2.25 bits per heavy atom. The lowest BCUT2D eigenvalue weighted by Crippen LogP contribution is -2.49. The van der Waals surface area contributed by atoms with E-state index in [1.165, 1.54) is 0 Å². The van der Waals surface area contributed by atoms with E-state index in [-0.39, 0.29) is 24.8 Å². The van der Waals surface area contributed by atoms with Crippen LogP contribution in [0.1, 0.15) is 19.3 Å². The zero-order valence-corrected chi connectivity index (χ0v) is 13.2. The van der Waals surface area contributed by atoms with Crippen LogP contribution in [0.3, 0.4) is 0 Å². The van der Waals surface area contributed by atoms with Crippen molar-refractivity contribution in [3.63, 3.8) is 0 Å². The van der Waals surface area contributed by atoms with E-state index in [1.807, 2.05) is 35.2 Å². The van der Waals surface area contributed by atoms with Crippen LogP contribution in [0.5, 0.6) is 0 Å². The van der Waals surface area contributed by atoms with E-state index in [1.54, 1.807) is 4.90 Å². The molecule has 1 amide bonds. The number of halogens is 3. The Kier molecular flexibility index (Phi) is 4.83. The molecule has 1 aromatic rings. The van der Waals surface area contributed by atoms with Crippen LogP contribution in [-0.2, 0) is 4.79 Å². The van der Waals surface area contributed by atoms with Gasteiger partial charge in [-0.05, 0) is 50.4 Å². The number of hydrogen-bond acceptors (Lipinski definition) is 3. The predicted molar refractivity (Wildman–Crippen MR) is 83.6 cm³/mol. The summed E-state index contributed by atoms with van der Waals surface area (Å²) in [4.78, 5) is 16.3. The molecule has 2 aliphatic rings. The van der Waals surface area contributed by atoms with Gasteiger partial charge in [0.1, 0.15) is 0 Å². The second-order valence-electron chi connectivity index (χ2n) is 6.49. The summed E-state index contributed by atoms with van der Waals surface area (Å²) in [5.74, 6) is -0.765. The Bertz CT molecular complexity index is 571. The van der Waals surface area contributed by atoms with Crippen molar-refractivity contribution in [1.82, 2.24) is 4.90 Å². The molecule has 132 valence electrons. The van der Waals surface area contributed by atoms with Gasteiger partial charge in [-0.3, -0.25) is 9.69 Å². The van der Waals surface area contributed by atoms with Gasteiger partial charge in [0.15, 0.2) is 6.10 Å². The summed E-state index contributed by atoms with van der Waals surface area (Å²) in [7, 11) is 0. The predicted octanol–water partition coefficient (Wildman–Crippen LogP) is 2.43. The van der Waals surface area contributed by atoms with E-state index in [4.69, 9.17) is 0 Å². The molecule has 2 saturated heterocycles. The number of hydrogen-bond donors (Lipinski definition) is 1. The minimum atomic E-state index is -4.57. The number of aliphatic hydroxyl groups is 1. The number of para-hydroxylation sites is 1. The van der Waals surface area contributed by atoms with E-state index in [2.05, 4.69) is 0 Å². The van der Waals surface area contributed by atoms with Gasteiger partial charge in [0.25, 0.3) is 0 Å². The number of rotatable bonds is 3. The third kappa shape index (κ3) is 3.42. The number of likely N-dealkylation sites (tertiary alicyclic amines) is 1. The first-order valence-electron chi connectivity index (χ1n) is 8.23. The van der Waals surface area contributed by atoms with Crippen molar-refractivity contribution in [3.8, 4) is 0 Å². The van der Waals surface area contributed by atoms with E-state index in [0.717, 1.165) is 5.69 Å². The average Bonchev–Trinajstić information content (AvgIpc) is 2.96. The summed E-state index contributed by atoms with van der Waals surface area (Å²) in [6.07, 6.45) is -5.63.